The van der Waals surface area contributed by atoms with Crippen LogP contribution in [-0.2, 0) is 0 Å². The Morgan fingerprint density at radius 1 is 1.07 bits per heavy atom. The van der Waals surface area contributed by atoms with E-state index in [1.807, 2.05) is 6.92 Å². The maximum atomic E-state index is 5.63. The van der Waals surface area contributed by atoms with Gasteiger partial charge < -0.3 is 9.42 Å². The van der Waals surface area contributed by atoms with Crippen LogP contribution in [0.25, 0.3) is 21.7 Å². The first-order valence-electron chi connectivity index (χ1n) is 10.6. The van der Waals surface area contributed by atoms with Gasteiger partial charge in [0.25, 0.3) is 0 Å². The third-order valence-corrected chi connectivity index (χ3v) is 7.27. The predicted molar refractivity (Wildman–Crippen MR) is 111 cm³/mol. The van der Waals surface area contributed by atoms with Crippen molar-refractivity contribution < 1.29 is 4.52 Å². The lowest BCUT2D eigenvalue weighted by Gasteiger charge is -2.46. The molecule has 1 aromatic heterocycles. The summed E-state index contributed by atoms with van der Waals surface area (Å²) < 4.78 is 5.63. The average Bonchev–Trinajstić information content (AvgIpc) is 3.02. The van der Waals surface area contributed by atoms with Gasteiger partial charge in [0.2, 0.25) is 0 Å². The minimum atomic E-state index is 0.650. The molecule has 3 nitrogen and oxygen atoms in total. The van der Waals surface area contributed by atoms with Gasteiger partial charge in [-0.1, -0.05) is 43.3 Å². The molecule has 1 aliphatic heterocycles. The molecular weight excluding hydrogens is 332 g/mol. The Kier molecular flexibility index (Phi) is 4.23. The lowest BCUT2D eigenvalue weighted by atomic mass is 9.72. The molecule has 0 radical (unpaired) electrons. The highest BCUT2D eigenvalue weighted by Gasteiger charge is 2.37. The van der Waals surface area contributed by atoms with E-state index in [1.165, 1.54) is 60.5 Å². The van der Waals surface area contributed by atoms with Crippen molar-refractivity contribution in [3.05, 3.63) is 41.6 Å². The number of hydrogen-bond acceptors (Lipinski definition) is 3. The van der Waals surface area contributed by atoms with Crippen molar-refractivity contribution in [3.8, 4) is 0 Å². The summed E-state index contributed by atoms with van der Waals surface area (Å²) >= 11 is 0. The zero-order valence-corrected chi connectivity index (χ0v) is 16.7. The lowest BCUT2D eigenvalue weighted by Crippen LogP contribution is -2.47. The number of piperidine rings is 1. The van der Waals surface area contributed by atoms with E-state index in [4.69, 9.17) is 4.52 Å². The molecule has 5 rings (SSSR count). The fraction of sp³-hybridized carbons (Fsp3) is 0.542. The number of rotatable bonds is 3. The SMILES string of the molecule is Cc1noc2cc(C3CC(N4CCC(C(C)C)CC4)C3)c3ccccc3c12. The minimum absolute atomic E-state index is 0.650. The van der Waals surface area contributed by atoms with Crippen LogP contribution in [0.2, 0.25) is 0 Å². The van der Waals surface area contributed by atoms with Gasteiger partial charge in [-0.05, 0) is 85.9 Å². The van der Waals surface area contributed by atoms with E-state index in [9.17, 15) is 0 Å². The summed E-state index contributed by atoms with van der Waals surface area (Å²) in [7, 11) is 0. The molecule has 2 fully saturated rings. The second kappa shape index (κ2) is 6.63. The number of hydrogen-bond donors (Lipinski definition) is 0. The Labute approximate surface area is 161 Å². The molecule has 1 saturated carbocycles. The van der Waals surface area contributed by atoms with E-state index >= 15 is 0 Å². The van der Waals surface area contributed by atoms with Crippen LogP contribution in [0.1, 0.15) is 56.7 Å². The quantitative estimate of drug-likeness (QED) is 0.580. The number of nitrogens with zero attached hydrogens (tertiary/aromatic N) is 2. The fourth-order valence-electron chi connectivity index (χ4n) is 5.41. The standard InChI is InChI=1S/C24H30N2O/c1-15(2)17-8-10-26(11-9-17)19-12-18(13-19)22-14-23-24(16(3)25-27-23)21-7-5-4-6-20(21)22/h4-7,14-15,17-19H,8-13H2,1-3H3. The molecule has 3 aromatic rings. The van der Waals surface area contributed by atoms with Crippen LogP contribution < -0.4 is 0 Å². The summed E-state index contributed by atoms with van der Waals surface area (Å²) in [6.07, 6.45) is 5.33. The van der Waals surface area contributed by atoms with Crippen molar-refractivity contribution in [3.63, 3.8) is 0 Å². The Morgan fingerprint density at radius 3 is 2.48 bits per heavy atom. The van der Waals surface area contributed by atoms with Crippen molar-refractivity contribution in [2.75, 3.05) is 13.1 Å². The minimum Gasteiger partial charge on any atom is -0.356 e. The van der Waals surface area contributed by atoms with Gasteiger partial charge in [0.1, 0.15) is 0 Å². The Morgan fingerprint density at radius 2 is 1.78 bits per heavy atom. The highest BCUT2D eigenvalue weighted by Crippen LogP contribution is 2.45. The third kappa shape index (κ3) is 2.87. The molecular formula is C24H30N2O. The van der Waals surface area contributed by atoms with Crippen molar-refractivity contribution in [1.29, 1.82) is 0 Å². The molecule has 142 valence electrons. The monoisotopic (exact) mass is 362 g/mol. The van der Waals surface area contributed by atoms with Crippen LogP contribution in [0, 0.1) is 18.8 Å². The molecule has 0 bridgehead atoms. The van der Waals surface area contributed by atoms with Gasteiger partial charge in [0.15, 0.2) is 5.58 Å². The van der Waals surface area contributed by atoms with E-state index in [0.29, 0.717) is 5.92 Å². The molecule has 1 saturated heterocycles. The number of benzene rings is 2. The van der Waals surface area contributed by atoms with Crippen LogP contribution in [0.5, 0.6) is 0 Å². The number of fused-ring (bicyclic) bond motifs is 3. The van der Waals surface area contributed by atoms with E-state index < -0.39 is 0 Å². The molecule has 0 N–H and O–H groups in total. The predicted octanol–water partition coefficient (Wildman–Crippen LogP) is 5.90. The Bertz CT molecular complexity index is 959. The zero-order valence-electron chi connectivity index (χ0n) is 16.7. The third-order valence-electron chi connectivity index (χ3n) is 7.27. The normalized spacial score (nSPS) is 24.7. The summed E-state index contributed by atoms with van der Waals surface area (Å²) in [4.78, 5) is 2.76. The molecule has 1 aliphatic carbocycles. The van der Waals surface area contributed by atoms with E-state index in [-0.39, 0.29) is 0 Å². The molecule has 27 heavy (non-hydrogen) atoms. The first-order valence-corrected chi connectivity index (χ1v) is 10.6. The lowest BCUT2D eigenvalue weighted by molar-refractivity contribution is 0.0621. The fourth-order valence-corrected chi connectivity index (χ4v) is 5.41. The van der Waals surface area contributed by atoms with E-state index in [1.54, 1.807) is 0 Å². The van der Waals surface area contributed by atoms with Gasteiger partial charge >= 0.3 is 0 Å². The summed E-state index contributed by atoms with van der Waals surface area (Å²) in [6, 6.07) is 11.8. The number of likely N-dealkylation sites (tertiary alicyclic amines) is 1. The molecule has 3 heteroatoms. The van der Waals surface area contributed by atoms with Gasteiger partial charge in [-0.25, -0.2) is 0 Å². The topological polar surface area (TPSA) is 29.3 Å². The summed E-state index contributed by atoms with van der Waals surface area (Å²) in [5.74, 6) is 2.42. The summed E-state index contributed by atoms with van der Waals surface area (Å²) in [5, 5.41) is 8.08. The number of aromatic nitrogens is 1. The molecule has 0 amide bonds. The summed E-state index contributed by atoms with van der Waals surface area (Å²) in [6.45, 7) is 9.39. The summed E-state index contributed by atoms with van der Waals surface area (Å²) in [5.41, 5.74) is 3.40. The largest absolute Gasteiger partial charge is 0.356 e. The molecule has 0 spiro atoms. The highest BCUT2D eigenvalue weighted by atomic mass is 16.5. The van der Waals surface area contributed by atoms with E-state index in [2.05, 4.69) is 54.2 Å². The maximum absolute atomic E-state index is 5.63. The Balaban J connectivity index is 1.37. The van der Waals surface area contributed by atoms with Crippen molar-refractivity contribution in [2.45, 2.75) is 58.4 Å². The highest BCUT2D eigenvalue weighted by molar-refractivity contribution is 6.08. The van der Waals surface area contributed by atoms with Crippen LogP contribution in [0.4, 0.5) is 0 Å². The molecule has 0 unspecified atom stereocenters. The average molecular weight is 363 g/mol. The van der Waals surface area contributed by atoms with Gasteiger partial charge in [-0.15, -0.1) is 0 Å². The first kappa shape index (κ1) is 17.2. The second-order valence-corrected chi connectivity index (χ2v) is 9.09. The van der Waals surface area contributed by atoms with Crippen LogP contribution in [-0.4, -0.2) is 29.2 Å². The Hall–Kier alpha value is -1.87. The molecule has 0 atom stereocenters. The maximum Gasteiger partial charge on any atom is 0.168 e. The number of aryl methyl sites for hydroxylation is 1. The first-order chi connectivity index (χ1) is 13.1. The van der Waals surface area contributed by atoms with E-state index in [0.717, 1.165) is 29.2 Å². The molecule has 2 aromatic carbocycles. The smallest absolute Gasteiger partial charge is 0.168 e. The second-order valence-electron chi connectivity index (χ2n) is 9.09. The van der Waals surface area contributed by atoms with Crippen molar-refractivity contribution >= 4 is 21.7 Å². The van der Waals surface area contributed by atoms with Crippen molar-refractivity contribution in [2.24, 2.45) is 11.8 Å². The van der Waals surface area contributed by atoms with Crippen molar-refractivity contribution in [1.82, 2.24) is 10.1 Å². The van der Waals surface area contributed by atoms with Gasteiger partial charge in [0, 0.05) is 6.04 Å². The van der Waals surface area contributed by atoms with Gasteiger partial charge in [0.05, 0.1) is 11.1 Å². The van der Waals surface area contributed by atoms with Crippen LogP contribution in [0.3, 0.4) is 0 Å². The van der Waals surface area contributed by atoms with Crippen LogP contribution >= 0.6 is 0 Å². The van der Waals surface area contributed by atoms with Gasteiger partial charge in [-0.3, -0.25) is 0 Å². The zero-order chi connectivity index (χ0) is 18.5. The molecule has 2 aliphatic rings. The molecule has 2 heterocycles. The van der Waals surface area contributed by atoms with Crippen LogP contribution in [0.15, 0.2) is 34.9 Å². The van der Waals surface area contributed by atoms with Gasteiger partial charge in [-0.2, -0.15) is 0 Å².